The highest BCUT2D eigenvalue weighted by Gasteiger charge is 2.09. The Morgan fingerprint density at radius 3 is 2.71 bits per heavy atom. The van der Waals surface area contributed by atoms with Crippen LogP contribution in [-0.4, -0.2) is 27.6 Å². The molecule has 14 heavy (non-hydrogen) atoms. The molecule has 1 heterocycles. The first-order valence-corrected chi connectivity index (χ1v) is 6.12. The first-order valence-electron chi connectivity index (χ1n) is 4.97. The van der Waals surface area contributed by atoms with Gasteiger partial charge in [0.2, 0.25) is 0 Å². The zero-order valence-electron chi connectivity index (χ0n) is 8.66. The molecule has 0 unspecified atom stereocenters. The minimum absolute atomic E-state index is 0.722. The first-order chi connectivity index (χ1) is 6.77. The Bertz CT molecular complexity index is 264. The SMILES string of the molecule is CCCCN(CC)Cc1nnsc1Cl. The molecule has 0 atom stereocenters. The third kappa shape index (κ3) is 3.52. The van der Waals surface area contributed by atoms with Gasteiger partial charge in [0.1, 0.15) is 10.0 Å². The Morgan fingerprint density at radius 2 is 2.21 bits per heavy atom. The lowest BCUT2D eigenvalue weighted by Crippen LogP contribution is -2.24. The van der Waals surface area contributed by atoms with Crippen molar-refractivity contribution in [2.24, 2.45) is 0 Å². The minimum Gasteiger partial charge on any atom is -0.298 e. The van der Waals surface area contributed by atoms with Crippen molar-refractivity contribution in [1.82, 2.24) is 14.5 Å². The van der Waals surface area contributed by atoms with Crippen molar-refractivity contribution in [3.63, 3.8) is 0 Å². The maximum atomic E-state index is 5.94. The molecule has 0 saturated heterocycles. The lowest BCUT2D eigenvalue weighted by Gasteiger charge is -2.18. The lowest BCUT2D eigenvalue weighted by molar-refractivity contribution is 0.272. The summed E-state index contributed by atoms with van der Waals surface area (Å²) in [5.74, 6) is 0. The summed E-state index contributed by atoms with van der Waals surface area (Å²) in [6.07, 6.45) is 2.45. The standard InChI is InChI=1S/C9H16ClN3S/c1-3-5-6-13(4-2)7-8-9(10)14-12-11-8/h3-7H2,1-2H3. The number of hydrogen-bond donors (Lipinski definition) is 0. The van der Waals surface area contributed by atoms with Crippen molar-refractivity contribution >= 4 is 23.1 Å². The summed E-state index contributed by atoms with van der Waals surface area (Å²) in [5.41, 5.74) is 0.912. The van der Waals surface area contributed by atoms with E-state index in [9.17, 15) is 0 Å². The molecule has 0 fully saturated rings. The number of unbranched alkanes of at least 4 members (excludes halogenated alkanes) is 1. The van der Waals surface area contributed by atoms with E-state index in [1.807, 2.05) is 0 Å². The molecule has 0 amide bonds. The van der Waals surface area contributed by atoms with Crippen LogP contribution in [0, 0.1) is 0 Å². The summed E-state index contributed by atoms with van der Waals surface area (Å²) in [6, 6.07) is 0. The third-order valence-electron chi connectivity index (χ3n) is 2.16. The first kappa shape index (κ1) is 11.9. The molecule has 5 heteroatoms. The van der Waals surface area contributed by atoms with Gasteiger partial charge in [0.15, 0.2) is 0 Å². The predicted octanol–water partition coefficient (Wildman–Crippen LogP) is 2.81. The van der Waals surface area contributed by atoms with E-state index in [0.29, 0.717) is 0 Å². The zero-order chi connectivity index (χ0) is 10.4. The molecule has 0 N–H and O–H groups in total. The Morgan fingerprint density at radius 1 is 1.43 bits per heavy atom. The summed E-state index contributed by atoms with van der Waals surface area (Å²) in [5, 5.41) is 4.01. The summed E-state index contributed by atoms with van der Waals surface area (Å²) in [7, 11) is 0. The van der Waals surface area contributed by atoms with Gasteiger partial charge in [-0.25, -0.2) is 0 Å². The van der Waals surface area contributed by atoms with E-state index < -0.39 is 0 Å². The summed E-state index contributed by atoms with van der Waals surface area (Å²) < 4.78 is 4.54. The topological polar surface area (TPSA) is 29.0 Å². The number of hydrogen-bond acceptors (Lipinski definition) is 4. The fraction of sp³-hybridized carbons (Fsp3) is 0.778. The molecule has 1 rings (SSSR count). The molecule has 0 radical (unpaired) electrons. The van der Waals surface area contributed by atoms with E-state index in [4.69, 9.17) is 11.6 Å². The molecular weight excluding hydrogens is 218 g/mol. The molecule has 1 aromatic heterocycles. The van der Waals surface area contributed by atoms with E-state index in [1.165, 1.54) is 24.4 Å². The molecule has 0 aliphatic heterocycles. The lowest BCUT2D eigenvalue weighted by atomic mass is 10.3. The van der Waals surface area contributed by atoms with E-state index in [1.54, 1.807) is 0 Å². The highest BCUT2D eigenvalue weighted by Crippen LogP contribution is 2.18. The van der Waals surface area contributed by atoms with E-state index in [2.05, 4.69) is 28.3 Å². The van der Waals surface area contributed by atoms with Crippen molar-refractivity contribution in [3.05, 3.63) is 10.0 Å². The van der Waals surface area contributed by atoms with Crippen LogP contribution in [0.1, 0.15) is 32.4 Å². The van der Waals surface area contributed by atoms with Crippen LogP contribution < -0.4 is 0 Å². The van der Waals surface area contributed by atoms with Crippen molar-refractivity contribution in [3.8, 4) is 0 Å². The summed E-state index contributed by atoms with van der Waals surface area (Å²) in [4.78, 5) is 2.34. The average molecular weight is 234 g/mol. The van der Waals surface area contributed by atoms with Gasteiger partial charge in [-0.15, -0.1) is 5.10 Å². The van der Waals surface area contributed by atoms with Crippen LogP contribution >= 0.6 is 23.1 Å². The average Bonchev–Trinajstić information content (AvgIpc) is 2.59. The van der Waals surface area contributed by atoms with Crippen LogP contribution in [0.25, 0.3) is 0 Å². The fourth-order valence-corrected chi connectivity index (χ4v) is 1.85. The second-order valence-electron chi connectivity index (χ2n) is 3.22. The zero-order valence-corrected chi connectivity index (χ0v) is 10.2. The van der Waals surface area contributed by atoms with Crippen LogP contribution in [0.4, 0.5) is 0 Å². The largest absolute Gasteiger partial charge is 0.298 e. The van der Waals surface area contributed by atoms with Crippen LogP contribution in [0.3, 0.4) is 0 Å². The van der Waals surface area contributed by atoms with Gasteiger partial charge in [-0.1, -0.05) is 36.4 Å². The minimum atomic E-state index is 0.722. The van der Waals surface area contributed by atoms with Gasteiger partial charge in [0.05, 0.1) is 0 Å². The van der Waals surface area contributed by atoms with E-state index in [-0.39, 0.29) is 0 Å². The summed E-state index contributed by atoms with van der Waals surface area (Å²) >= 11 is 7.20. The van der Waals surface area contributed by atoms with Crippen molar-refractivity contribution in [1.29, 1.82) is 0 Å². The molecule has 0 saturated carbocycles. The van der Waals surface area contributed by atoms with Crippen molar-refractivity contribution in [2.45, 2.75) is 33.2 Å². The van der Waals surface area contributed by atoms with Crippen LogP contribution in [0.2, 0.25) is 4.34 Å². The highest BCUT2D eigenvalue weighted by atomic mass is 35.5. The van der Waals surface area contributed by atoms with Gasteiger partial charge in [-0.2, -0.15) is 0 Å². The van der Waals surface area contributed by atoms with Gasteiger partial charge in [0, 0.05) is 18.1 Å². The number of aromatic nitrogens is 2. The Kier molecular flexibility index (Phi) is 5.37. The van der Waals surface area contributed by atoms with Crippen molar-refractivity contribution in [2.75, 3.05) is 13.1 Å². The van der Waals surface area contributed by atoms with Crippen LogP contribution in [-0.2, 0) is 6.54 Å². The van der Waals surface area contributed by atoms with Gasteiger partial charge in [-0.3, -0.25) is 4.90 Å². The molecule has 3 nitrogen and oxygen atoms in total. The van der Waals surface area contributed by atoms with Gasteiger partial charge in [-0.05, 0) is 19.5 Å². The van der Waals surface area contributed by atoms with Gasteiger partial charge in [0.25, 0.3) is 0 Å². The smallest absolute Gasteiger partial charge is 0.138 e. The molecule has 0 aliphatic carbocycles. The fourth-order valence-electron chi connectivity index (χ4n) is 1.23. The van der Waals surface area contributed by atoms with Gasteiger partial charge >= 0.3 is 0 Å². The normalized spacial score (nSPS) is 11.1. The second kappa shape index (κ2) is 6.32. The molecule has 0 aliphatic rings. The number of rotatable bonds is 6. The van der Waals surface area contributed by atoms with Crippen LogP contribution in [0.5, 0.6) is 0 Å². The molecule has 0 bridgehead atoms. The van der Waals surface area contributed by atoms with E-state index >= 15 is 0 Å². The molecular formula is C9H16ClN3S. The summed E-state index contributed by atoms with van der Waals surface area (Å²) in [6.45, 7) is 7.33. The Hall–Kier alpha value is -0.190. The maximum absolute atomic E-state index is 5.94. The Labute approximate surface area is 94.2 Å². The van der Waals surface area contributed by atoms with Crippen LogP contribution in [0.15, 0.2) is 0 Å². The van der Waals surface area contributed by atoms with Gasteiger partial charge < -0.3 is 0 Å². The quantitative estimate of drug-likeness (QED) is 0.757. The monoisotopic (exact) mass is 233 g/mol. The Balaban J connectivity index is 2.44. The number of halogens is 1. The highest BCUT2D eigenvalue weighted by molar-refractivity contribution is 7.10. The molecule has 80 valence electrons. The second-order valence-corrected chi connectivity index (χ2v) is 4.57. The predicted molar refractivity (Wildman–Crippen MR) is 60.8 cm³/mol. The van der Waals surface area contributed by atoms with E-state index in [0.717, 1.165) is 29.7 Å². The van der Waals surface area contributed by atoms with Crippen molar-refractivity contribution < 1.29 is 0 Å². The third-order valence-corrected chi connectivity index (χ3v) is 3.14. The molecule has 0 spiro atoms. The molecule has 0 aromatic carbocycles. The molecule has 1 aromatic rings. The maximum Gasteiger partial charge on any atom is 0.138 e. The number of nitrogens with zero attached hydrogens (tertiary/aromatic N) is 3.